The van der Waals surface area contributed by atoms with Crippen molar-refractivity contribution in [1.82, 2.24) is 4.90 Å². The number of nitrogens with two attached hydrogens (primary N) is 2. The summed E-state index contributed by atoms with van der Waals surface area (Å²) in [6, 6.07) is 16.9. The van der Waals surface area contributed by atoms with E-state index in [1.807, 2.05) is 12.1 Å². The number of imide groups is 1. The number of aliphatic carboxylic acids is 1. The molecule has 1 saturated heterocycles. The number of nitriles is 1. The number of carboxylic acid groups (broad SMARTS) is 1. The van der Waals surface area contributed by atoms with Gasteiger partial charge < -0.3 is 21.5 Å². The van der Waals surface area contributed by atoms with Crippen molar-refractivity contribution < 1.29 is 19.5 Å². The lowest BCUT2D eigenvalue weighted by molar-refractivity contribution is -0.146. The summed E-state index contributed by atoms with van der Waals surface area (Å²) in [5.41, 5.74) is 15.5. The second-order valence-corrected chi connectivity index (χ2v) is 8.68. The average Bonchev–Trinajstić information content (AvgIpc) is 2.90. The standard InChI is InChI=1S/C17H17N3O4.C11H16N2/c1-11(7-13-3-5-14(19)6-4-13)12(2)15(8-18)17(24)20(10-21)9-16(22)23;12-10-4-6-11(7-5-10)13-8-2-1-3-9-13/h3-7,10H,9,19H2,1-2H3,(H,22,23);4-7H,1-3,8-9,12H2/b11-7+,15-12-;. The molecule has 1 heterocycles. The van der Waals surface area contributed by atoms with Crippen LogP contribution in [-0.4, -0.2) is 47.9 Å². The predicted molar refractivity (Wildman–Crippen MR) is 145 cm³/mol. The lowest BCUT2D eigenvalue weighted by atomic mass is 10.00. The molecule has 5 N–H and O–H groups in total. The Labute approximate surface area is 217 Å². The zero-order valence-corrected chi connectivity index (χ0v) is 21.2. The summed E-state index contributed by atoms with van der Waals surface area (Å²) in [6.07, 6.45) is 5.88. The topological polar surface area (TPSA) is 154 Å². The third-order valence-electron chi connectivity index (χ3n) is 5.92. The van der Waals surface area contributed by atoms with E-state index in [1.54, 1.807) is 50.3 Å². The molecule has 0 unspecified atom stereocenters. The third kappa shape index (κ3) is 8.85. The van der Waals surface area contributed by atoms with Crippen LogP contribution in [0.2, 0.25) is 0 Å². The minimum Gasteiger partial charge on any atom is -0.480 e. The lowest BCUT2D eigenvalue weighted by Crippen LogP contribution is -2.35. The zero-order valence-electron chi connectivity index (χ0n) is 21.2. The van der Waals surface area contributed by atoms with Gasteiger partial charge in [0.2, 0.25) is 6.41 Å². The highest BCUT2D eigenvalue weighted by Crippen LogP contribution is 2.21. The van der Waals surface area contributed by atoms with E-state index in [1.165, 1.54) is 38.0 Å². The van der Waals surface area contributed by atoms with Gasteiger partial charge in [-0.2, -0.15) is 5.26 Å². The Morgan fingerprint density at radius 1 is 1.00 bits per heavy atom. The number of rotatable bonds is 7. The molecule has 2 amide bonds. The first kappa shape index (κ1) is 28.7. The van der Waals surface area contributed by atoms with E-state index in [2.05, 4.69) is 17.0 Å². The molecule has 194 valence electrons. The van der Waals surface area contributed by atoms with Gasteiger partial charge in [0.25, 0.3) is 5.91 Å². The Hall–Kier alpha value is -4.58. The molecule has 2 aromatic carbocycles. The van der Waals surface area contributed by atoms with Gasteiger partial charge in [0.15, 0.2) is 0 Å². The highest BCUT2D eigenvalue weighted by atomic mass is 16.4. The number of carbonyl (C=O) groups is 3. The van der Waals surface area contributed by atoms with Gasteiger partial charge in [-0.1, -0.05) is 18.2 Å². The summed E-state index contributed by atoms with van der Waals surface area (Å²) < 4.78 is 0. The van der Waals surface area contributed by atoms with E-state index in [-0.39, 0.29) is 12.0 Å². The molecule has 0 aromatic heterocycles. The van der Waals surface area contributed by atoms with Crippen LogP contribution in [0.5, 0.6) is 0 Å². The second-order valence-electron chi connectivity index (χ2n) is 8.68. The van der Waals surface area contributed by atoms with Gasteiger partial charge in [0, 0.05) is 30.2 Å². The van der Waals surface area contributed by atoms with E-state index in [9.17, 15) is 19.6 Å². The number of hydrogen-bond donors (Lipinski definition) is 3. The molecule has 1 aliphatic rings. The number of allylic oxidation sites excluding steroid dienone is 2. The lowest BCUT2D eigenvalue weighted by Gasteiger charge is -2.28. The fraction of sp³-hybridized carbons (Fsp3) is 0.286. The van der Waals surface area contributed by atoms with E-state index in [0.29, 0.717) is 21.7 Å². The molecular weight excluding hydrogens is 470 g/mol. The first-order valence-electron chi connectivity index (χ1n) is 11.9. The first-order valence-corrected chi connectivity index (χ1v) is 11.9. The molecular formula is C28H33N5O4. The minimum absolute atomic E-state index is 0.0973. The predicted octanol–water partition coefficient (Wildman–Crippen LogP) is 3.84. The van der Waals surface area contributed by atoms with Crippen LogP contribution in [0.4, 0.5) is 17.1 Å². The van der Waals surface area contributed by atoms with E-state index < -0.39 is 18.4 Å². The molecule has 0 radical (unpaired) electrons. The largest absolute Gasteiger partial charge is 0.480 e. The van der Waals surface area contributed by atoms with Gasteiger partial charge >= 0.3 is 5.97 Å². The Morgan fingerprint density at radius 3 is 2.03 bits per heavy atom. The van der Waals surface area contributed by atoms with Crippen LogP contribution in [0.3, 0.4) is 0 Å². The second kappa shape index (κ2) is 14.1. The smallest absolute Gasteiger partial charge is 0.323 e. The Balaban J connectivity index is 0.000000308. The van der Waals surface area contributed by atoms with Crippen LogP contribution in [0.1, 0.15) is 38.7 Å². The fourth-order valence-corrected chi connectivity index (χ4v) is 3.72. The number of anilines is 3. The molecule has 0 bridgehead atoms. The summed E-state index contributed by atoms with van der Waals surface area (Å²) in [4.78, 5) is 36.7. The van der Waals surface area contributed by atoms with Gasteiger partial charge in [-0.25, -0.2) is 0 Å². The number of carboxylic acids is 1. The summed E-state index contributed by atoms with van der Waals surface area (Å²) in [5, 5.41) is 17.9. The highest BCUT2D eigenvalue weighted by molar-refractivity contribution is 6.05. The number of carbonyl (C=O) groups excluding carboxylic acids is 2. The maximum absolute atomic E-state index is 12.2. The van der Waals surface area contributed by atoms with Crippen LogP contribution in [0, 0.1) is 11.3 Å². The van der Waals surface area contributed by atoms with Crippen LogP contribution in [0.25, 0.3) is 6.08 Å². The molecule has 1 fully saturated rings. The zero-order chi connectivity index (χ0) is 27.4. The molecule has 9 nitrogen and oxygen atoms in total. The van der Waals surface area contributed by atoms with Crippen LogP contribution in [-0.2, 0) is 14.4 Å². The Bertz CT molecular complexity index is 1190. The number of nitrogen functional groups attached to an aromatic ring is 2. The third-order valence-corrected chi connectivity index (χ3v) is 5.92. The highest BCUT2D eigenvalue weighted by Gasteiger charge is 2.22. The van der Waals surface area contributed by atoms with Crippen molar-refractivity contribution in [3.05, 3.63) is 70.8 Å². The Morgan fingerprint density at radius 2 is 1.54 bits per heavy atom. The monoisotopic (exact) mass is 503 g/mol. The van der Waals surface area contributed by atoms with Gasteiger partial charge in [-0.3, -0.25) is 19.3 Å². The molecule has 37 heavy (non-hydrogen) atoms. The number of hydrogen-bond acceptors (Lipinski definition) is 7. The summed E-state index contributed by atoms with van der Waals surface area (Å²) in [7, 11) is 0. The summed E-state index contributed by atoms with van der Waals surface area (Å²) in [5.74, 6) is -2.29. The maximum atomic E-state index is 12.2. The summed E-state index contributed by atoms with van der Waals surface area (Å²) in [6.45, 7) is 4.86. The van der Waals surface area contributed by atoms with Gasteiger partial charge in [-0.05, 0) is 86.2 Å². The van der Waals surface area contributed by atoms with Crippen molar-refractivity contribution in [3.63, 3.8) is 0 Å². The molecule has 0 saturated carbocycles. The van der Waals surface area contributed by atoms with E-state index in [4.69, 9.17) is 16.6 Å². The molecule has 0 aliphatic carbocycles. The van der Waals surface area contributed by atoms with E-state index >= 15 is 0 Å². The number of benzene rings is 2. The molecule has 2 aromatic rings. The number of amides is 2. The fourth-order valence-electron chi connectivity index (χ4n) is 3.72. The van der Waals surface area contributed by atoms with Crippen molar-refractivity contribution in [2.45, 2.75) is 33.1 Å². The maximum Gasteiger partial charge on any atom is 0.323 e. The first-order chi connectivity index (χ1) is 17.7. The van der Waals surface area contributed by atoms with Gasteiger partial charge in [0.05, 0.1) is 0 Å². The molecule has 9 heteroatoms. The number of piperidine rings is 1. The van der Waals surface area contributed by atoms with Crippen molar-refractivity contribution in [2.24, 2.45) is 0 Å². The molecule has 0 atom stereocenters. The Kier molecular flexibility index (Phi) is 10.9. The number of nitrogens with zero attached hydrogens (tertiary/aromatic N) is 3. The SMILES string of the molecule is CC(=C(\C#N)C(=O)N(C=O)CC(=O)O)/C(C)=C/c1ccc(N)cc1.Nc1ccc(N2CCCCC2)cc1. The molecule has 1 aliphatic heterocycles. The van der Waals surface area contributed by atoms with E-state index in [0.717, 1.165) is 11.3 Å². The minimum atomic E-state index is -1.35. The normalized spacial score (nSPS) is 13.9. The van der Waals surface area contributed by atoms with Crippen molar-refractivity contribution in [2.75, 3.05) is 36.0 Å². The summed E-state index contributed by atoms with van der Waals surface area (Å²) >= 11 is 0. The van der Waals surface area contributed by atoms with Crippen LogP contribution < -0.4 is 16.4 Å². The quantitative estimate of drug-likeness (QED) is 0.169. The molecule has 0 spiro atoms. The van der Waals surface area contributed by atoms with Crippen molar-refractivity contribution in [1.29, 1.82) is 5.26 Å². The van der Waals surface area contributed by atoms with Crippen LogP contribution in [0.15, 0.2) is 65.3 Å². The van der Waals surface area contributed by atoms with Gasteiger partial charge in [0.1, 0.15) is 18.2 Å². The van der Waals surface area contributed by atoms with Crippen molar-refractivity contribution >= 4 is 41.4 Å². The molecule has 3 rings (SSSR count). The van der Waals surface area contributed by atoms with Gasteiger partial charge in [-0.15, -0.1) is 0 Å². The van der Waals surface area contributed by atoms with Crippen molar-refractivity contribution in [3.8, 4) is 6.07 Å². The van der Waals surface area contributed by atoms with Crippen LogP contribution >= 0.6 is 0 Å². The average molecular weight is 504 g/mol.